The third kappa shape index (κ3) is 3.84. The number of carbonyl (C=O) groups is 1. The van der Waals surface area contributed by atoms with Crippen molar-refractivity contribution in [1.29, 1.82) is 5.26 Å². The fourth-order valence-corrected chi connectivity index (χ4v) is 6.61. The van der Waals surface area contributed by atoms with Crippen molar-refractivity contribution in [2.24, 2.45) is 0 Å². The number of nitrogens with zero attached hydrogens (tertiary/aromatic N) is 2. The van der Waals surface area contributed by atoms with Gasteiger partial charge in [0, 0.05) is 24.4 Å². The van der Waals surface area contributed by atoms with Crippen LogP contribution in [0.2, 0.25) is 0 Å². The Balaban J connectivity index is 1.16. The van der Waals surface area contributed by atoms with Gasteiger partial charge in [0.05, 0.1) is 17.2 Å². The summed E-state index contributed by atoms with van der Waals surface area (Å²) in [7, 11) is 0. The van der Waals surface area contributed by atoms with Crippen molar-refractivity contribution < 1.29 is 19.0 Å². The maximum Gasteiger partial charge on any atom is 0.410 e. The summed E-state index contributed by atoms with van der Waals surface area (Å²) in [5.74, 6) is -0.426. The molecule has 2 atom stereocenters. The fraction of sp³-hybridized carbons (Fsp3) is 0.333. The first-order valence-corrected chi connectivity index (χ1v) is 12.5. The standard InChI is InChI=1S/C30H27FN2O3/c31-21-10-9-19(17-32)20(13-21)14-30(35)15-22-11-12-23(16-30)33(22)29(34)36-18-28-26-7-3-1-5-24(26)25-6-2-4-8-27(25)28/h1-10,13,22-23,28,35H,11-12,14-16,18H2. The van der Waals surface area contributed by atoms with E-state index in [9.17, 15) is 19.6 Å². The largest absolute Gasteiger partial charge is 0.448 e. The van der Waals surface area contributed by atoms with Crippen LogP contribution < -0.4 is 0 Å². The minimum atomic E-state index is -1.09. The van der Waals surface area contributed by atoms with Crippen LogP contribution in [0.3, 0.4) is 0 Å². The van der Waals surface area contributed by atoms with Crippen molar-refractivity contribution >= 4 is 6.09 Å². The molecule has 1 N–H and O–H groups in total. The lowest BCUT2D eigenvalue weighted by Crippen LogP contribution is -2.54. The van der Waals surface area contributed by atoms with Gasteiger partial charge in [-0.25, -0.2) is 9.18 Å². The molecule has 3 aromatic carbocycles. The van der Waals surface area contributed by atoms with Crippen molar-refractivity contribution in [2.45, 2.75) is 55.7 Å². The van der Waals surface area contributed by atoms with Gasteiger partial charge in [-0.1, -0.05) is 48.5 Å². The van der Waals surface area contributed by atoms with Gasteiger partial charge in [-0.3, -0.25) is 0 Å². The maximum absolute atomic E-state index is 13.8. The first-order chi connectivity index (χ1) is 17.5. The second kappa shape index (κ2) is 8.76. The summed E-state index contributed by atoms with van der Waals surface area (Å²) < 4.78 is 19.7. The molecule has 2 unspecified atom stereocenters. The van der Waals surface area contributed by atoms with Gasteiger partial charge in [0.2, 0.25) is 0 Å². The number of halogens is 1. The number of piperidine rings is 1. The molecule has 6 rings (SSSR count). The molecule has 3 aliphatic rings. The van der Waals surface area contributed by atoms with Gasteiger partial charge < -0.3 is 14.7 Å². The lowest BCUT2D eigenvalue weighted by atomic mass is 9.80. The van der Waals surface area contributed by atoms with Crippen molar-refractivity contribution in [3.05, 3.63) is 94.8 Å². The quantitative estimate of drug-likeness (QED) is 0.529. The molecule has 2 fully saturated rings. The molecule has 2 saturated heterocycles. The van der Waals surface area contributed by atoms with E-state index in [0.29, 0.717) is 24.0 Å². The minimum Gasteiger partial charge on any atom is -0.448 e. The van der Waals surface area contributed by atoms with Crippen LogP contribution in [-0.4, -0.2) is 40.4 Å². The highest BCUT2D eigenvalue weighted by atomic mass is 19.1. The number of hydrogen-bond acceptors (Lipinski definition) is 4. The molecular weight excluding hydrogens is 455 g/mol. The summed E-state index contributed by atoms with van der Waals surface area (Å²) in [5, 5.41) is 20.8. The summed E-state index contributed by atoms with van der Waals surface area (Å²) in [4.78, 5) is 15.1. The number of ether oxygens (including phenoxy) is 1. The zero-order valence-corrected chi connectivity index (χ0v) is 19.9. The number of nitriles is 1. The van der Waals surface area contributed by atoms with E-state index in [0.717, 1.165) is 12.8 Å². The van der Waals surface area contributed by atoms with Gasteiger partial charge in [-0.15, -0.1) is 0 Å². The van der Waals surface area contributed by atoms with E-state index in [2.05, 4.69) is 30.3 Å². The molecule has 0 saturated carbocycles. The van der Waals surface area contributed by atoms with Gasteiger partial charge in [0.1, 0.15) is 12.4 Å². The first kappa shape index (κ1) is 22.8. The van der Waals surface area contributed by atoms with Crippen LogP contribution >= 0.6 is 0 Å². The van der Waals surface area contributed by atoms with E-state index in [1.165, 1.54) is 40.5 Å². The molecule has 1 amide bonds. The molecule has 2 bridgehead atoms. The van der Waals surface area contributed by atoms with E-state index in [1.807, 2.05) is 24.3 Å². The predicted octanol–water partition coefficient (Wildman–Crippen LogP) is 5.55. The van der Waals surface area contributed by atoms with Crippen LogP contribution in [0.25, 0.3) is 11.1 Å². The second-order valence-electron chi connectivity index (χ2n) is 10.3. The molecule has 182 valence electrons. The highest BCUT2D eigenvalue weighted by Crippen LogP contribution is 2.46. The SMILES string of the molecule is N#Cc1ccc(F)cc1CC1(O)CC2CCC(C1)N2C(=O)OCC1c2ccccc2-c2ccccc21. The van der Waals surface area contributed by atoms with Crippen molar-refractivity contribution in [1.82, 2.24) is 4.90 Å². The van der Waals surface area contributed by atoms with Crippen LogP contribution in [0.5, 0.6) is 0 Å². The average molecular weight is 483 g/mol. The average Bonchev–Trinajstić information content (AvgIpc) is 3.35. The Morgan fingerprint density at radius 2 is 1.64 bits per heavy atom. The molecule has 0 spiro atoms. The van der Waals surface area contributed by atoms with Crippen LogP contribution in [0.15, 0.2) is 66.7 Å². The Labute approximate surface area is 209 Å². The summed E-state index contributed by atoms with van der Waals surface area (Å²) >= 11 is 0. The van der Waals surface area contributed by atoms with E-state index in [1.54, 1.807) is 4.90 Å². The van der Waals surface area contributed by atoms with E-state index in [4.69, 9.17) is 4.74 Å². The van der Waals surface area contributed by atoms with Crippen LogP contribution in [0.4, 0.5) is 9.18 Å². The third-order valence-corrected chi connectivity index (χ3v) is 8.11. The highest BCUT2D eigenvalue weighted by Gasteiger charge is 2.50. The van der Waals surface area contributed by atoms with Crippen LogP contribution in [0, 0.1) is 17.1 Å². The van der Waals surface area contributed by atoms with Crippen LogP contribution in [0.1, 0.15) is 53.9 Å². The molecule has 6 heteroatoms. The minimum absolute atomic E-state index is 0.00175. The van der Waals surface area contributed by atoms with Gasteiger partial charge >= 0.3 is 6.09 Å². The Morgan fingerprint density at radius 3 is 2.25 bits per heavy atom. The number of hydrogen-bond donors (Lipinski definition) is 1. The summed E-state index contributed by atoms with van der Waals surface area (Å²) in [6.07, 6.45) is 2.22. The van der Waals surface area contributed by atoms with Crippen molar-refractivity contribution in [2.75, 3.05) is 6.61 Å². The number of fused-ring (bicyclic) bond motifs is 5. The van der Waals surface area contributed by atoms with Gasteiger partial charge in [0.25, 0.3) is 0 Å². The fourth-order valence-electron chi connectivity index (χ4n) is 6.61. The number of amides is 1. The van der Waals surface area contributed by atoms with E-state index < -0.39 is 11.4 Å². The number of benzene rings is 3. The first-order valence-electron chi connectivity index (χ1n) is 12.5. The summed E-state index contributed by atoms with van der Waals surface area (Å²) in [6, 6.07) is 22.4. The topological polar surface area (TPSA) is 73.6 Å². The Morgan fingerprint density at radius 1 is 1.03 bits per heavy atom. The Kier molecular flexibility index (Phi) is 5.54. The molecule has 3 aromatic rings. The number of aliphatic hydroxyl groups is 1. The van der Waals surface area contributed by atoms with Gasteiger partial charge in [-0.05, 0) is 71.7 Å². The molecule has 36 heavy (non-hydrogen) atoms. The molecule has 5 nitrogen and oxygen atoms in total. The molecule has 1 aliphatic carbocycles. The lowest BCUT2D eigenvalue weighted by molar-refractivity contribution is -0.0480. The monoisotopic (exact) mass is 482 g/mol. The summed E-state index contributed by atoms with van der Waals surface area (Å²) in [6.45, 7) is 0.266. The number of rotatable bonds is 4. The smallest absolute Gasteiger partial charge is 0.410 e. The lowest BCUT2D eigenvalue weighted by Gasteiger charge is -2.43. The highest BCUT2D eigenvalue weighted by molar-refractivity contribution is 5.79. The van der Waals surface area contributed by atoms with E-state index >= 15 is 0 Å². The number of carbonyl (C=O) groups excluding carboxylic acids is 1. The predicted molar refractivity (Wildman–Crippen MR) is 133 cm³/mol. The zero-order valence-electron chi connectivity index (χ0n) is 19.9. The van der Waals surface area contributed by atoms with E-state index in [-0.39, 0.29) is 37.1 Å². The van der Waals surface area contributed by atoms with Gasteiger partial charge in [0.15, 0.2) is 0 Å². The second-order valence-corrected chi connectivity index (χ2v) is 10.3. The maximum atomic E-state index is 13.8. The Hall–Kier alpha value is -3.69. The molecule has 2 heterocycles. The molecule has 0 radical (unpaired) electrons. The summed E-state index contributed by atoms with van der Waals surface area (Å²) in [5.41, 5.74) is 4.50. The van der Waals surface area contributed by atoms with Crippen molar-refractivity contribution in [3.63, 3.8) is 0 Å². The molecule has 0 aromatic heterocycles. The van der Waals surface area contributed by atoms with Gasteiger partial charge in [-0.2, -0.15) is 5.26 Å². The normalized spacial score (nSPS) is 24.2. The Bertz CT molecular complexity index is 1320. The third-order valence-electron chi connectivity index (χ3n) is 8.11. The zero-order chi connectivity index (χ0) is 24.9. The van der Waals surface area contributed by atoms with Crippen LogP contribution in [-0.2, 0) is 11.2 Å². The molecular formula is C30H27FN2O3. The van der Waals surface area contributed by atoms with Crippen molar-refractivity contribution in [3.8, 4) is 17.2 Å². The molecule has 2 aliphatic heterocycles.